The van der Waals surface area contributed by atoms with Crippen LogP contribution in [0.3, 0.4) is 0 Å². The Morgan fingerprint density at radius 3 is 2.67 bits per heavy atom. The van der Waals surface area contributed by atoms with Crippen molar-refractivity contribution in [3.8, 4) is 0 Å². The third-order valence-electron chi connectivity index (χ3n) is 2.15. The van der Waals surface area contributed by atoms with Gasteiger partial charge >= 0.3 is 6.18 Å². The first-order valence-corrected chi connectivity index (χ1v) is 5.50. The van der Waals surface area contributed by atoms with Crippen molar-refractivity contribution in [2.45, 2.75) is 13.1 Å². The summed E-state index contributed by atoms with van der Waals surface area (Å²) in [6.07, 6.45) is -4.33. The van der Waals surface area contributed by atoms with Crippen molar-refractivity contribution in [1.29, 1.82) is 0 Å². The molecule has 0 unspecified atom stereocenters. The number of carbonyl (C=O) groups is 1. The lowest BCUT2D eigenvalue weighted by molar-refractivity contribution is -0.126. The number of amides is 1. The van der Waals surface area contributed by atoms with Gasteiger partial charge in [0.25, 0.3) is 0 Å². The monoisotopic (exact) mass is 280 g/mol. The lowest BCUT2D eigenvalue weighted by Gasteiger charge is -2.11. The van der Waals surface area contributed by atoms with Gasteiger partial charge in [0.15, 0.2) is 0 Å². The summed E-state index contributed by atoms with van der Waals surface area (Å²) in [5, 5.41) is 4.98. The Labute approximate surface area is 107 Å². The van der Waals surface area contributed by atoms with Crippen molar-refractivity contribution in [3.63, 3.8) is 0 Å². The molecule has 1 aromatic rings. The van der Waals surface area contributed by atoms with E-state index in [0.717, 1.165) is 0 Å². The number of rotatable bonds is 4. The fraction of sp³-hybridized carbons (Fsp3) is 0.364. The van der Waals surface area contributed by atoms with E-state index in [1.807, 2.05) is 5.32 Å². The summed E-state index contributed by atoms with van der Waals surface area (Å²) < 4.78 is 35.5. The molecule has 0 heterocycles. The van der Waals surface area contributed by atoms with Crippen LogP contribution in [0.1, 0.15) is 5.56 Å². The van der Waals surface area contributed by atoms with Crippen molar-refractivity contribution in [3.05, 3.63) is 28.8 Å². The highest BCUT2D eigenvalue weighted by atomic mass is 35.5. The van der Waals surface area contributed by atoms with Crippen molar-refractivity contribution < 1.29 is 18.0 Å². The highest BCUT2D eigenvalue weighted by Gasteiger charge is 2.26. The molecule has 0 fully saturated rings. The molecule has 3 nitrogen and oxygen atoms in total. The Balaban J connectivity index is 2.48. The van der Waals surface area contributed by atoms with Crippen molar-refractivity contribution in [1.82, 2.24) is 5.32 Å². The molecule has 0 saturated heterocycles. The Morgan fingerprint density at radius 2 is 2.06 bits per heavy atom. The number of carbonyl (C=O) groups excluding carboxylic acids is 1. The summed E-state index contributed by atoms with van der Waals surface area (Å²) in [6.45, 7) is 0.0987. The van der Waals surface area contributed by atoms with E-state index in [1.165, 1.54) is 0 Å². The lowest BCUT2D eigenvalue weighted by Crippen LogP contribution is -2.35. The maximum Gasteiger partial charge on any atom is 0.401 e. The minimum atomic E-state index is -4.33. The topological polar surface area (TPSA) is 41.1 Å². The van der Waals surface area contributed by atoms with Gasteiger partial charge in [0.05, 0.1) is 13.1 Å². The molecule has 0 radical (unpaired) electrons. The van der Waals surface area contributed by atoms with E-state index < -0.39 is 25.2 Å². The van der Waals surface area contributed by atoms with Crippen molar-refractivity contribution >= 4 is 23.2 Å². The summed E-state index contributed by atoms with van der Waals surface area (Å²) >= 11 is 5.85. The zero-order valence-electron chi connectivity index (χ0n) is 9.57. The van der Waals surface area contributed by atoms with E-state index in [2.05, 4.69) is 5.32 Å². The molecule has 0 spiro atoms. The van der Waals surface area contributed by atoms with Crippen LogP contribution in [0.25, 0.3) is 0 Å². The second-order valence-corrected chi connectivity index (χ2v) is 4.09. The van der Waals surface area contributed by atoms with Crippen LogP contribution < -0.4 is 10.6 Å². The number of hydrogen-bond donors (Lipinski definition) is 2. The van der Waals surface area contributed by atoms with Gasteiger partial charge in [-0.15, -0.1) is 0 Å². The summed E-state index contributed by atoms with van der Waals surface area (Å²) in [5.41, 5.74) is 1.16. The molecule has 0 aliphatic carbocycles. The van der Waals surface area contributed by atoms with Crippen LogP contribution in [0.15, 0.2) is 18.2 Å². The molecule has 2 N–H and O–H groups in total. The Morgan fingerprint density at radius 1 is 1.39 bits per heavy atom. The fourth-order valence-electron chi connectivity index (χ4n) is 1.26. The van der Waals surface area contributed by atoms with Gasteiger partial charge in [-0.3, -0.25) is 4.79 Å². The Kier molecular flexibility index (Phi) is 4.98. The molecular formula is C11H12ClF3N2O. The number of benzene rings is 1. The van der Waals surface area contributed by atoms with Gasteiger partial charge in [-0.05, 0) is 24.6 Å². The van der Waals surface area contributed by atoms with E-state index in [4.69, 9.17) is 11.6 Å². The van der Waals surface area contributed by atoms with Crippen LogP contribution in [-0.2, 0) is 4.79 Å². The molecule has 18 heavy (non-hydrogen) atoms. The SMILES string of the molecule is Cc1c(Cl)cccc1NC(=O)CNCC(F)(F)F. The molecule has 0 aliphatic rings. The zero-order chi connectivity index (χ0) is 13.8. The second-order valence-electron chi connectivity index (χ2n) is 3.68. The van der Waals surface area contributed by atoms with Gasteiger partial charge in [0, 0.05) is 10.7 Å². The van der Waals surface area contributed by atoms with Gasteiger partial charge in [0.2, 0.25) is 5.91 Å². The first kappa shape index (κ1) is 14.8. The minimum absolute atomic E-state index is 0.411. The summed E-state index contributed by atoms with van der Waals surface area (Å²) in [7, 11) is 0. The number of nitrogens with one attached hydrogen (secondary N) is 2. The Hall–Kier alpha value is -1.27. The predicted octanol–water partition coefficient (Wildman–Crippen LogP) is 2.74. The van der Waals surface area contributed by atoms with Gasteiger partial charge in [-0.1, -0.05) is 17.7 Å². The minimum Gasteiger partial charge on any atom is -0.325 e. The number of halogens is 4. The van der Waals surface area contributed by atoms with Crippen molar-refractivity contribution in [2.75, 3.05) is 18.4 Å². The zero-order valence-corrected chi connectivity index (χ0v) is 10.3. The predicted molar refractivity (Wildman–Crippen MR) is 63.7 cm³/mol. The Bertz CT molecular complexity index is 435. The summed E-state index contributed by atoms with van der Waals surface area (Å²) in [4.78, 5) is 11.4. The standard InChI is InChI=1S/C11H12ClF3N2O/c1-7-8(12)3-2-4-9(7)17-10(18)5-16-6-11(13,14)15/h2-4,16H,5-6H2,1H3,(H,17,18). The molecule has 7 heteroatoms. The molecule has 1 amide bonds. The average Bonchev–Trinajstić information content (AvgIpc) is 2.23. The molecule has 1 aromatic carbocycles. The number of hydrogen-bond acceptors (Lipinski definition) is 2. The van der Waals surface area contributed by atoms with Gasteiger partial charge in [-0.2, -0.15) is 13.2 Å². The van der Waals surface area contributed by atoms with Crippen LogP contribution in [0.5, 0.6) is 0 Å². The molecule has 0 aliphatic heterocycles. The van der Waals surface area contributed by atoms with E-state index >= 15 is 0 Å². The van der Waals surface area contributed by atoms with Crippen LogP contribution in [0.2, 0.25) is 5.02 Å². The van der Waals surface area contributed by atoms with Crippen LogP contribution in [0, 0.1) is 6.92 Å². The van der Waals surface area contributed by atoms with E-state index in [9.17, 15) is 18.0 Å². The van der Waals surface area contributed by atoms with E-state index in [1.54, 1.807) is 25.1 Å². The average molecular weight is 281 g/mol. The quantitative estimate of drug-likeness (QED) is 0.890. The maximum absolute atomic E-state index is 11.8. The van der Waals surface area contributed by atoms with Crippen LogP contribution in [0.4, 0.5) is 18.9 Å². The highest BCUT2D eigenvalue weighted by Crippen LogP contribution is 2.22. The summed E-state index contributed by atoms with van der Waals surface area (Å²) in [5.74, 6) is -0.551. The second kappa shape index (κ2) is 6.06. The third-order valence-corrected chi connectivity index (χ3v) is 2.56. The van der Waals surface area contributed by atoms with Gasteiger partial charge in [0.1, 0.15) is 0 Å². The fourth-order valence-corrected chi connectivity index (χ4v) is 1.43. The lowest BCUT2D eigenvalue weighted by atomic mass is 10.2. The molecule has 100 valence electrons. The molecule has 0 bridgehead atoms. The first-order chi connectivity index (χ1) is 8.29. The van der Waals surface area contributed by atoms with Crippen LogP contribution >= 0.6 is 11.6 Å². The molecule has 0 atom stereocenters. The summed E-state index contributed by atoms with van der Waals surface area (Å²) in [6, 6.07) is 4.94. The van der Waals surface area contributed by atoms with E-state index in [-0.39, 0.29) is 0 Å². The van der Waals surface area contributed by atoms with Crippen molar-refractivity contribution in [2.24, 2.45) is 0 Å². The smallest absolute Gasteiger partial charge is 0.325 e. The molecule has 1 rings (SSSR count). The first-order valence-electron chi connectivity index (χ1n) is 5.12. The highest BCUT2D eigenvalue weighted by molar-refractivity contribution is 6.31. The van der Waals surface area contributed by atoms with Gasteiger partial charge < -0.3 is 10.6 Å². The van der Waals surface area contributed by atoms with Gasteiger partial charge in [-0.25, -0.2) is 0 Å². The molecule has 0 saturated carbocycles. The normalized spacial score (nSPS) is 11.4. The van der Waals surface area contributed by atoms with E-state index in [0.29, 0.717) is 16.3 Å². The largest absolute Gasteiger partial charge is 0.401 e. The maximum atomic E-state index is 11.8. The number of anilines is 1. The molecular weight excluding hydrogens is 269 g/mol. The molecule has 0 aromatic heterocycles. The number of alkyl halides is 3. The third kappa shape index (κ3) is 4.93. The van der Waals surface area contributed by atoms with Crippen LogP contribution in [-0.4, -0.2) is 25.2 Å².